The molecule has 0 bridgehead atoms. The minimum atomic E-state index is 0.761. The predicted octanol–water partition coefficient (Wildman–Crippen LogP) is 3.91. The van der Waals surface area contributed by atoms with Crippen LogP contribution in [0.2, 0.25) is 0 Å². The summed E-state index contributed by atoms with van der Waals surface area (Å²) in [5, 5.41) is 3.94. The second-order valence-corrected chi connectivity index (χ2v) is 8.05. The summed E-state index contributed by atoms with van der Waals surface area (Å²) in [4.78, 5) is 2.71. The van der Waals surface area contributed by atoms with Crippen molar-refractivity contribution in [3.63, 3.8) is 0 Å². The van der Waals surface area contributed by atoms with E-state index in [4.69, 9.17) is 0 Å². The van der Waals surface area contributed by atoms with Crippen LogP contribution in [0.5, 0.6) is 0 Å². The lowest BCUT2D eigenvalue weighted by Gasteiger charge is -2.42. The molecule has 2 atom stereocenters. The number of halogens is 1. The Balaban J connectivity index is 1.26. The lowest BCUT2D eigenvalue weighted by Crippen LogP contribution is -2.51. The summed E-state index contributed by atoms with van der Waals surface area (Å²) in [6.45, 7) is 2.68. The highest BCUT2D eigenvalue weighted by Crippen LogP contribution is 2.38. The molecule has 2 nitrogen and oxygen atoms in total. The second-order valence-electron chi connectivity index (χ2n) is 7.14. The molecule has 1 aromatic carbocycles. The van der Waals surface area contributed by atoms with Gasteiger partial charge in [0.15, 0.2) is 0 Å². The number of rotatable bonds is 3. The quantitative estimate of drug-likeness (QED) is 0.890. The fourth-order valence-electron chi connectivity index (χ4n) is 4.47. The average molecular weight is 349 g/mol. The molecule has 1 saturated carbocycles. The zero-order valence-corrected chi connectivity index (χ0v) is 14.2. The zero-order chi connectivity index (χ0) is 14.2. The summed E-state index contributed by atoms with van der Waals surface area (Å²) in [7, 11) is 0. The summed E-state index contributed by atoms with van der Waals surface area (Å²) >= 11 is 3.52. The largest absolute Gasteiger partial charge is 0.311 e. The maximum atomic E-state index is 3.94. The Morgan fingerprint density at radius 1 is 0.952 bits per heavy atom. The number of nitrogens with one attached hydrogen (secondary N) is 1. The van der Waals surface area contributed by atoms with Gasteiger partial charge in [0.1, 0.15) is 0 Å². The van der Waals surface area contributed by atoms with Gasteiger partial charge in [-0.25, -0.2) is 0 Å². The van der Waals surface area contributed by atoms with Crippen molar-refractivity contribution in [2.24, 2.45) is 0 Å². The number of nitrogens with zero attached hydrogens (tertiary/aromatic N) is 1. The first-order valence-corrected chi connectivity index (χ1v) is 9.33. The number of fused-ring (bicyclic) bond motifs is 1. The first kappa shape index (κ1) is 14.2. The van der Waals surface area contributed by atoms with Crippen LogP contribution in [0.25, 0.3) is 0 Å². The summed E-state index contributed by atoms with van der Waals surface area (Å²) in [5.41, 5.74) is 1.52. The van der Waals surface area contributed by atoms with Gasteiger partial charge in [-0.1, -0.05) is 28.1 Å². The van der Waals surface area contributed by atoms with Crippen molar-refractivity contribution < 1.29 is 0 Å². The van der Waals surface area contributed by atoms with Crippen LogP contribution in [0, 0.1) is 0 Å². The van der Waals surface area contributed by atoms with Crippen LogP contribution < -0.4 is 5.32 Å². The number of benzene rings is 1. The highest BCUT2D eigenvalue weighted by atomic mass is 79.9. The monoisotopic (exact) mass is 348 g/mol. The smallest absolute Gasteiger partial charge is 0.0175 e. The maximum Gasteiger partial charge on any atom is 0.0175 e. The van der Waals surface area contributed by atoms with Crippen molar-refractivity contribution >= 4 is 15.9 Å². The topological polar surface area (TPSA) is 15.3 Å². The van der Waals surface area contributed by atoms with Crippen LogP contribution in [-0.4, -0.2) is 36.1 Å². The Labute approximate surface area is 136 Å². The first-order valence-electron chi connectivity index (χ1n) is 8.53. The van der Waals surface area contributed by atoms with Gasteiger partial charge in [0, 0.05) is 22.6 Å². The third-order valence-corrected chi connectivity index (χ3v) is 6.30. The van der Waals surface area contributed by atoms with Gasteiger partial charge in [0.2, 0.25) is 0 Å². The molecule has 0 radical (unpaired) electrons. The van der Waals surface area contributed by atoms with E-state index in [1.165, 1.54) is 61.7 Å². The minimum Gasteiger partial charge on any atom is -0.311 e. The average Bonchev–Trinajstić information content (AvgIpc) is 2.91. The molecule has 2 saturated heterocycles. The van der Waals surface area contributed by atoms with Crippen molar-refractivity contribution in [1.82, 2.24) is 10.2 Å². The molecule has 21 heavy (non-hydrogen) atoms. The van der Waals surface area contributed by atoms with E-state index in [1.54, 1.807) is 0 Å². The van der Waals surface area contributed by atoms with Gasteiger partial charge in [-0.05, 0) is 75.2 Å². The van der Waals surface area contributed by atoms with E-state index in [2.05, 4.69) is 50.4 Å². The van der Waals surface area contributed by atoms with E-state index in [0.29, 0.717) is 0 Å². The molecular weight excluding hydrogens is 324 g/mol. The maximum absolute atomic E-state index is 3.94. The van der Waals surface area contributed by atoms with Gasteiger partial charge in [0.25, 0.3) is 0 Å². The van der Waals surface area contributed by atoms with Crippen LogP contribution in [0.15, 0.2) is 28.7 Å². The molecule has 2 heterocycles. The lowest BCUT2D eigenvalue weighted by molar-refractivity contribution is 0.146. The SMILES string of the molecule is Brc1ccc(C2CC(NC3CCN4CCCC4C3)C2)cc1. The number of hydrogen-bond acceptors (Lipinski definition) is 2. The Morgan fingerprint density at radius 3 is 2.57 bits per heavy atom. The Morgan fingerprint density at radius 2 is 1.76 bits per heavy atom. The van der Waals surface area contributed by atoms with E-state index in [9.17, 15) is 0 Å². The van der Waals surface area contributed by atoms with Crippen molar-refractivity contribution in [2.45, 2.75) is 62.6 Å². The van der Waals surface area contributed by atoms with Crippen molar-refractivity contribution in [2.75, 3.05) is 13.1 Å². The van der Waals surface area contributed by atoms with Gasteiger partial charge >= 0.3 is 0 Å². The van der Waals surface area contributed by atoms with Gasteiger partial charge < -0.3 is 10.2 Å². The molecule has 0 amide bonds. The van der Waals surface area contributed by atoms with E-state index < -0.39 is 0 Å². The molecule has 0 spiro atoms. The summed E-state index contributed by atoms with van der Waals surface area (Å²) in [6, 6.07) is 11.3. The second kappa shape index (κ2) is 6.02. The van der Waals surface area contributed by atoms with Crippen molar-refractivity contribution in [1.29, 1.82) is 0 Å². The molecule has 3 fully saturated rings. The third kappa shape index (κ3) is 3.06. The lowest BCUT2D eigenvalue weighted by atomic mass is 9.75. The van der Waals surface area contributed by atoms with E-state index in [-0.39, 0.29) is 0 Å². The van der Waals surface area contributed by atoms with Gasteiger partial charge in [-0.15, -0.1) is 0 Å². The van der Waals surface area contributed by atoms with Crippen LogP contribution in [-0.2, 0) is 0 Å². The van der Waals surface area contributed by atoms with E-state index in [1.807, 2.05) is 0 Å². The third-order valence-electron chi connectivity index (χ3n) is 5.77. The number of piperidine rings is 1. The molecular formula is C18H25BrN2. The first-order chi connectivity index (χ1) is 10.3. The molecule has 1 aromatic rings. The van der Waals surface area contributed by atoms with E-state index >= 15 is 0 Å². The zero-order valence-electron chi connectivity index (χ0n) is 12.6. The minimum absolute atomic E-state index is 0.761. The standard InChI is InChI=1S/C18H25BrN2/c19-15-5-3-13(4-6-15)14-10-17(11-14)20-16-7-9-21-8-1-2-18(21)12-16/h3-6,14,16-18,20H,1-2,7-12H2. The van der Waals surface area contributed by atoms with Crippen molar-refractivity contribution in [3.8, 4) is 0 Å². The Hall–Kier alpha value is -0.380. The summed E-state index contributed by atoms with van der Waals surface area (Å²) < 4.78 is 1.18. The molecule has 4 rings (SSSR count). The van der Waals surface area contributed by atoms with Gasteiger partial charge in [-0.2, -0.15) is 0 Å². The summed E-state index contributed by atoms with van der Waals surface area (Å²) in [5.74, 6) is 0.780. The van der Waals surface area contributed by atoms with E-state index in [0.717, 1.165) is 24.0 Å². The molecule has 1 aliphatic carbocycles. The fourth-order valence-corrected chi connectivity index (χ4v) is 4.73. The molecule has 2 aliphatic heterocycles. The van der Waals surface area contributed by atoms with Crippen LogP contribution in [0.1, 0.15) is 50.0 Å². The molecule has 0 aromatic heterocycles. The highest BCUT2D eigenvalue weighted by molar-refractivity contribution is 9.10. The van der Waals surface area contributed by atoms with Crippen molar-refractivity contribution in [3.05, 3.63) is 34.3 Å². The highest BCUT2D eigenvalue weighted by Gasteiger charge is 2.35. The summed E-state index contributed by atoms with van der Waals surface area (Å²) in [6.07, 6.45) is 8.26. The predicted molar refractivity (Wildman–Crippen MR) is 90.7 cm³/mol. The van der Waals surface area contributed by atoms with Crippen LogP contribution in [0.4, 0.5) is 0 Å². The Bertz CT molecular complexity index is 480. The van der Waals surface area contributed by atoms with Gasteiger partial charge in [0.05, 0.1) is 0 Å². The normalized spacial score (nSPS) is 36.2. The molecule has 2 unspecified atom stereocenters. The van der Waals surface area contributed by atoms with Crippen LogP contribution >= 0.6 is 15.9 Å². The Kier molecular flexibility index (Phi) is 4.08. The molecule has 3 aliphatic rings. The van der Waals surface area contributed by atoms with Crippen LogP contribution in [0.3, 0.4) is 0 Å². The molecule has 3 heteroatoms. The molecule has 1 N–H and O–H groups in total. The van der Waals surface area contributed by atoms with Gasteiger partial charge in [-0.3, -0.25) is 0 Å². The molecule has 114 valence electrons. The fraction of sp³-hybridized carbons (Fsp3) is 0.667. The number of hydrogen-bond donors (Lipinski definition) is 1.